The van der Waals surface area contributed by atoms with Crippen LogP contribution in [0.5, 0.6) is 0 Å². The number of aliphatic hydroxyl groups excluding tert-OH is 1. The average molecular weight is 195 g/mol. The lowest BCUT2D eigenvalue weighted by atomic mass is 10.0. The zero-order valence-electron chi connectivity index (χ0n) is 8.48. The number of rotatable bonds is 6. The minimum absolute atomic E-state index is 0.251. The van der Waals surface area contributed by atoms with Gasteiger partial charge in [0.1, 0.15) is 5.82 Å². The first kappa shape index (κ1) is 10.9. The van der Waals surface area contributed by atoms with E-state index < -0.39 is 0 Å². The van der Waals surface area contributed by atoms with E-state index >= 15 is 0 Å². The number of nitrogens with one attached hydrogen (secondary N) is 1. The lowest BCUT2D eigenvalue weighted by Crippen LogP contribution is -2.15. The Hall–Kier alpha value is -1.16. The molecule has 1 atom stereocenters. The van der Waals surface area contributed by atoms with Crippen molar-refractivity contribution < 1.29 is 5.11 Å². The molecule has 0 fully saturated rings. The van der Waals surface area contributed by atoms with Crippen LogP contribution in [0, 0.1) is 5.92 Å². The number of anilines is 1. The second-order valence-corrected chi connectivity index (χ2v) is 3.26. The van der Waals surface area contributed by atoms with Gasteiger partial charge >= 0.3 is 0 Å². The maximum Gasteiger partial charge on any atom is 0.144 e. The lowest BCUT2D eigenvalue weighted by molar-refractivity contribution is 0.258. The molecule has 0 saturated heterocycles. The van der Waals surface area contributed by atoms with Crippen LogP contribution in [0.25, 0.3) is 0 Å². The maximum absolute atomic E-state index is 8.81. The van der Waals surface area contributed by atoms with Crippen LogP contribution in [0.1, 0.15) is 19.8 Å². The third-order valence-electron chi connectivity index (χ3n) is 2.25. The van der Waals surface area contributed by atoms with Gasteiger partial charge in [0.25, 0.3) is 0 Å². The van der Waals surface area contributed by atoms with Crippen LogP contribution >= 0.6 is 0 Å². The zero-order valence-corrected chi connectivity index (χ0v) is 8.48. The fraction of sp³-hybridized carbons (Fsp3) is 0.600. The van der Waals surface area contributed by atoms with Gasteiger partial charge in [0.05, 0.1) is 6.20 Å². The second kappa shape index (κ2) is 6.32. The summed E-state index contributed by atoms with van der Waals surface area (Å²) in [4.78, 5) is 8.07. The van der Waals surface area contributed by atoms with Crippen molar-refractivity contribution in [1.82, 2.24) is 9.97 Å². The summed E-state index contributed by atoms with van der Waals surface area (Å²) in [5, 5.41) is 12.0. The fourth-order valence-corrected chi connectivity index (χ4v) is 1.27. The largest absolute Gasteiger partial charge is 0.396 e. The van der Waals surface area contributed by atoms with Crippen LogP contribution in [0.4, 0.5) is 5.82 Å². The van der Waals surface area contributed by atoms with Crippen LogP contribution in [0.3, 0.4) is 0 Å². The van der Waals surface area contributed by atoms with Crippen LogP contribution in [0.15, 0.2) is 18.6 Å². The van der Waals surface area contributed by atoms with Crippen molar-refractivity contribution in [2.45, 2.75) is 19.8 Å². The summed E-state index contributed by atoms with van der Waals surface area (Å²) in [6, 6.07) is 0. The molecule has 1 aromatic rings. The first-order chi connectivity index (χ1) is 6.86. The van der Waals surface area contributed by atoms with E-state index in [4.69, 9.17) is 5.11 Å². The smallest absolute Gasteiger partial charge is 0.144 e. The summed E-state index contributed by atoms with van der Waals surface area (Å²) >= 11 is 0. The van der Waals surface area contributed by atoms with E-state index in [0.29, 0.717) is 5.92 Å². The Bertz CT molecular complexity index is 240. The van der Waals surface area contributed by atoms with Crippen molar-refractivity contribution >= 4 is 5.82 Å². The number of hydrogen-bond donors (Lipinski definition) is 2. The molecule has 1 unspecified atom stereocenters. The molecule has 0 aromatic carbocycles. The van der Waals surface area contributed by atoms with Gasteiger partial charge in [0, 0.05) is 25.5 Å². The van der Waals surface area contributed by atoms with Crippen molar-refractivity contribution in [3.8, 4) is 0 Å². The molecule has 4 nitrogen and oxygen atoms in total. The van der Waals surface area contributed by atoms with Crippen LogP contribution in [-0.2, 0) is 0 Å². The summed E-state index contributed by atoms with van der Waals surface area (Å²) in [6.45, 7) is 3.22. The van der Waals surface area contributed by atoms with Crippen molar-refractivity contribution in [3.63, 3.8) is 0 Å². The van der Waals surface area contributed by atoms with E-state index in [1.807, 2.05) is 0 Å². The first-order valence-corrected chi connectivity index (χ1v) is 4.97. The van der Waals surface area contributed by atoms with E-state index in [1.165, 1.54) is 0 Å². The predicted octanol–water partition coefficient (Wildman–Crippen LogP) is 1.30. The number of hydrogen-bond acceptors (Lipinski definition) is 4. The van der Waals surface area contributed by atoms with E-state index in [1.54, 1.807) is 18.6 Å². The second-order valence-electron chi connectivity index (χ2n) is 3.26. The molecule has 1 rings (SSSR count). The Balaban J connectivity index is 2.32. The first-order valence-electron chi connectivity index (χ1n) is 4.97. The molecule has 0 amide bonds. The van der Waals surface area contributed by atoms with Gasteiger partial charge < -0.3 is 10.4 Å². The molecule has 0 aliphatic heterocycles. The van der Waals surface area contributed by atoms with Gasteiger partial charge in [-0.15, -0.1) is 0 Å². The van der Waals surface area contributed by atoms with Gasteiger partial charge in [-0.05, 0) is 12.3 Å². The van der Waals surface area contributed by atoms with Crippen molar-refractivity contribution in [1.29, 1.82) is 0 Å². The van der Waals surface area contributed by atoms with Gasteiger partial charge in [0.2, 0.25) is 0 Å². The highest BCUT2D eigenvalue weighted by molar-refractivity contribution is 5.29. The Morgan fingerprint density at radius 3 is 2.93 bits per heavy atom. The number of aromatic nitrogens is 2. The van der Waals surface area contributed by atoms with E-state index in [2.05, 4.69) is 22.2 Å². The molecule has 0 aliphatic carbocycles. The number of aliphatic hydroxyl groups is 1. The van der Waals surface area contributed by atoms with Gasteiger partial charge in [-0.3, -0.25) is 4.98 Å². The molecular weight excluding hydrogens is 178 g/mol. The Morgan fingerprint density at radius 2 is 2.36 bits per heavy atom. The molecule has 0 spiro atoms. The Kier molecular flexibility index (Phi) is 4.93. The predicted molar refractivity (Wildman–Crippen MR) is 56.0 cm³/mol. The molecule has 0 bridgehead atoms. The standard InChI is InChI=1S/C10H17N3O/c1-2-9(3-6-14)7-13-10-8-11-4-5-12-10/h4-5,8-9,14H,2-3,6-7H2,1H3,(H,12,13). The van der Waals surface area contributed by atoms with Crippen LogP contribution in [0.2, 0.25) is 0 Å². The maximum atomic E-state index is 8.81. The molecule has 1 heterocycles. The normalized spacial score (nSPS) is 12.4. The molecule has 4 heteroatoms. The molecule has 2 N–H and O–H groups in total. The molecule has 14 heavy (non-hydrogen) atoms. The third kappa shape index (κ3) is 3.70. The molecule has 0 radical (unpaired) electrons. The Morgan fingerprint density at radius 1 is 1.50 bits per heavy atom. The molecule has 0 aliphatic rings. The van der Waals surface area contributed by atoms with Crippen molar-refractivity contribution in [2.24, 2.45) is 5.92 Å². The SMILES string of the molecule is CCC(CCO)CNc1cnccn1. The molecule has 1 aromatic heterocycles. The van der Waals surface area contributed by atoms with Crippen LogP contribution < -0.4 is 5.32 Å². The van der Waals surface area contributed by atoms with Crippen molar-refractivity contribution in [3.05, 3.63) is 18.6 Å². The third-order valence-corrected chi connectivity index (χ3v) is 2.25. The molecule has 78 valence electrons. The fourth-order valence-electron chi connectivity index (χ4n) is 1.27. The molecular formula is C10H17N3O. The lowest BCUT2D eigenvalue weighted by Gasteiger charge is -2.14. The highest BCUT2D eigenvalue weighted by atomic mass is 16.3. The van der Waals surface area contributed by atoms with E-state index in [0.717, 1.165) is 25.2 Å². The minimum Gasteiger partial charge on any atom is -0.396 e. The topological polar surface area (TPSA) is 58.0 Å². The van der Waals surface area contributed by atoms with E-state index in [-0.39, 0.29) is 6.61 Å². The minimum atomic E-state index is 0.251. The quantitative estimate of drug-likeness (QED) is 0.718. The summed E-state index contributed by atoms with van der Waals surface area (Å²) in [5.41, 5.74) is 0. The van der Waals surface area contributed by atoms with Gasteiger partial charge in [0.15, 0.2) is 0 Å². The van der Waals surface area contributed by atoms with Gasteiger partial charge in [-0.25, -0.2) is 4.98 Å². The summed E-state index contributed by atoms with van der Waals surface area (Å²) in [7, 11) is 0. The summed E-state index contributed by atoms with van der Waals surface area (Å²) in [5.74, 6) is 1.30. The zero-order chi connectivity index (χ0) is 10.2. The summed E-state index contributed by atoms with van der Waals surface area (Å²) < 4.78 is 0. The van der Waals surface area contributed by atoms with Gasteiger partial charge in [-0.2, -0.15) is 0 Å². The van der Waals surface area contributed by atoms with Crippen molar-refractivity contribution in [2.75, 3.05) is 18.5 Å². The summed E-state index contributed by atoms with van der Waals surface area (Å²) in [6.07, 6.45) is 6.91. The molecule has 0 saturated carbocycles. The van der Waals surface area contributed by atoms with Gasteiger partial charge in [-0.1, -0.05) is 13.3 Å². The van der Waals surface area contributed by atoms with E-state index in [9.17, 15) is 0 Å². The average Bonchev–Trinajstić information content (AvgIpc) is 2.25. The Labute approximate surface area is 84.4 Å². The monoisotopic (exact) mass is 195 g/mol. The number of nitrogens with zero attached hydrogens (tertiary/aromatic N) is 2. The highest BCUT2D eigenvalue weighted by Gasteiger charge is 2.04. The van der Waals surface area contributed by atoms with Crippen LogP contribution in [-0.4, -0.2) is 28.2 Å². The highest BCUT2D eigenvalue weighted by Crippen LogP contribution is 2.08.